The van der Waals surface area contributed by atoms with Crippen molar-refractivity contribution in [2.75, 3.05) is 33.9 Å². The largest absolute Gasteiger partial charge is 0.493 e. The van der Waals surface area contributed by atoms with Gasteiger partial charge in [-0.15, -0.1) is 0 Å². The van der Waals surface area contributed by atoms with Crippen LogP contribution in [-0.2, 0) is 0 Å². The van der Waals surface area contributed by atoms with Gasteiger partial charge in [-0.3, -0.25) is 4.99 Å². The van der Waals surface area contributed by atoms with E-state index in [9.17, 15) is 0 Å². The third-order valence-electron chi connectivity index (χ3n) is 2.70. The molecule has 1 aliphatic rings. The summed E-state index contributed by atoms with van der Waals surface area (Å²) in [6.45, 7) is 4.15. The Hall–Kier alpha value is -1.91. The summed E-state index contributed by atoms with van der Waals surface area (Å²) >= 11 is 0. The standard InChI is InChI=1S/C13H18N2O3/c1-4-18-12-10(16-2)7-9(8-11(12)17-3)13-14-5-6-15-13/h7-8H,4-6H2,1-3H3,(H,14,15). The van der Waals surface area contributed by atoms with E-state index >= 15 is 0 Å². The Morgan fingerprint density at radius 3 is 2.33 bits per heavy atom. The molecular weight excluding hydrogens is 232 g/mol. The Kier molecular flexibility index (Phi) is 3.92. The van der Waals surface area contributed by atoms with Gasteiger partial charge in [0.15, 0.2) is 11.5 Å². The number of amidine groups is 1. The molecule has 0 amide bonds. The minimum absolute atomic E-state index is 0.561. The van der Waals surface area contributed by atoms with Gasteiger partial charge < -0.3 is 19.5 Å². The van der Waals surface area contributed by atoms with E-state index in [1.165, 1.54) is 0 Å². The monoisotopic (exact) mass is 250 g/mol. The van der Waals surface area contributed by atoms with Crippen LogP contribution in [0.15, 0.2) is 17.1 Å². The maximum Gasteiger partial charge on any atom is 0.203 e. The van der Waals surface area contributed by atoms with Crippen molar-refractivity contribution >= 4 is 5.84 Å². The first kappa shape index (κ1) is 12.5. The summed E-state index contributed by atoms with van der Waals surface area (Å²) < 4.78 is 16.3. The summed E-state index contributed by atoms with van der Waals surface area (Å²) in [5.74, 6) is 2.81. The molecule has 0 bridgehead atoms. The van der Waals surface area contributed by atoms with Gasteiger partial charge in [-0.25, -0.2) is 0 Å². The molecule has 0 saturated carbocycles. The average molecular weight is 250 g/mol. The van der Waals surface area contributed by atoms with E-state index < -0.39 is 0 Å². The van der Waals surface area contributed by atoms with Crippen LogP contribution in [0.25, 0.3) is 0 Å². The summed E-state index contributed by atoms with van der Waals surface area (Å²) in [6, 6.07) is 3.81. The molecule has 0 spiro atoms. The number of benzene rings is 1. The van der Waals surface area contributed by atoms with E-state index in [2.05, 4.69) is 10.3 Å². The van der Waals surface area contributed by atoms with Crippen LogP contribution < -0.4 is 19.5 Å². The molecule has 0 fully saturated rings. The molecule has 98 valence electrons. The minimum atomic E-state index is 0.561. The van der Waals surface area contributed by atoms with E-state index in [0.717, 1.165) is 24.5 Å². The first-order valence-corrected chi connectivity index (χ1v) is 5.97. The number of ether oxygens (including phenoxy) is 3. The second-order valence-corrected chi connectivity index (χ2v) is 3.80. The van der Waals surface area contributed by atoms with Crippen LogP contribution >= 0.6 is 0 Å². The van der Waals surface area contributed by atoms with Crippen LogP contribution in [-0.4, -0.2) is 39.8 Å². The second kappa shape index (κ2) is 5.62. The molecule has 2 rings (SSSR count). The van der Waals surface area contributed by atoms with Crippen molar-refractivity contribution in [3.63, 3.8) is 0 Å². The third-order valence-corrected chi connectivity index (χ3v) is 2.70. The van der Waals surface area contributed by atoms with Gasteiger partial charge in [-0.2, -0.15) is 0 Å². The molecule has 5 nitrogen and oxygen atoms in total. The average Bonchev–Trinajstić information content (AvgIpc) is 2.93. The maximum atomic E-state index is 5.56. The molecule has 0 radical (unpaired) electrons. The van der Waals surface area contributed by atoms with Gasteiger partial charge in [-0.1, -0.05) is 0 Å². The Labute approximate surface area is 107 Å². The highest BCUT2D eigenvalue weighted by Gasteiger charge is 2.17. The number of nitrogens with zero attached hydrogens (tertiary/aromatic N) is 1. The van der Waals surface area contributed by atoms with Crippen LogP contribution in [0.5, 0.6) is 17.2 Å². The van der Waals surface area contributed by atoms with E-state index in [1.807, 2.05) is 19.1 Å². The summed E-state index contributed by atoms with van der Waals surface area (Å²) in [5.41, 5.74) is 0.949. The molecule has 1 aromatic rings. The van der Waals surface area contributed by atoms with Gasteiger partial charge in [0.05, 0.1) is 27.4 Å². The lowest BCUT2D eigenvalue weighted by atomic mass is 10.1. The van der Waals surface area contributed by atoms with E-state index in [1.54, 1.807) is 14.2 Å². The Bertz CT molecular complexity index is 433. The highest BCUT2D eigenvalue weighted by atomic mass is 16.5. The van der Waals surface area contributed by atoms with Crippen molar-refractivity contribution in [2.45, 2.75) is 6.92 Å². The molecule has 1 aromatic carbocycles. The number of aliphatic imine (C=N–C) groups is 1. The number of hydrogen-bond donors (Lipinski definition) is 1. The lowest BCUT2D eigenvalue weighted by molar-refractivity contribution is 0.288. The summed E-state index contributed by atoms with van der Waals surface area (Å²) in [5, 5.41) is 3.23. The Morgan fingerprint density at radius 2 is 1.89 bits per heavy atom. The number of hydrogen-bond acceptors (Lipinski definition) is 5. The SMILES string of the molecule is CCOc1c(OC)cc(C2=NCCN2)cc1OC. The molecule has 1 N–H and O–H groups in total. The van der Waals surface area contributed by atoms with Crippen LogP contribution in [0, 0.1) is 0 Å². The molecule has 18 heavy (non-hydrogen) atoms. The fraction of sp³-hybridized carbons (Fsp3) is 0.462. The summed E-state index contributed by atoms with van der Waals surface area (Å²) in [7, 11) is 3.23. The van der Waals surface area contributed by atoms with E-state index in [-0.39, 0.29) is 0 Å². The van der Waals surface area contributed by atoms with Crippen LogP contribution in [0.1, 0.15) is 12.5 Å². The molecule has 1 aliphatic heterocycles. The van der Waals surface area contributed by atoms with Crippen molar-refractivity contribution < 1.29 is 14.2 Å². The van der Waals surface area contributed by atoms with Gasteiger partial charge in [-0.05, 0) is 19.1 Å². The fourth-order valence-corrected chi connectivity index (χ4v) is 1.89. The van der Waals surface area contributed by atoms with Gasteiger partial charge in [0.25, 0.3) is 0 Å². The van der Waals surface area contributed by atoms with E-state index in [0.29, 0.717) is 23.9 Å². The van der Waals surface area contributed by atoms with Crippen LogP contribution in [0.3, 0.4) is 0 Å². The zero-order valence-corrected chi connectivity index (χ0v) is 10.9. The first-order chi connectivity index (χ1) is 8.80. The Balaban J connectivity index is 2.44. The molecular formula is C13H18N2O3. The van der Waals surface area contributed by atoms with Crippen molar-refractivity contribution in [3.05, 3.63) is 17.7 Å². The molecule has 0 atom stereocenters. The predicted octanol–water partition coefficient (Wildman–Crippen LogP) is 1.45. The quantitative estimate of drug-likeness (QED) is 0.859. The minimum Gasteiger partial charge on any atom is -0.493 e. The van der Waals surface area contributed by atoms with Gasteiger partial charge in [0.1, 0.15) is 5.84 Å². The molecule has 0 aliphatic carbocycles. The maximum absolute atomic E-state index is 5.56. The topological polar surface area (TPSA) is 52.1 Å². The zero-order valence-electron chi connectivity index (χ0n) is 10.9. The van der Waals surface area contributed by atoms with E-state index in [4.69, 9.17) is 14.2 Å². The summed E-state index contributed by atoms with van der Waals surface area (Å²) in [4.78, 5) is 4.39. The van der Waals surface area contributed by atoms with Crippen molar-refractivity contribution in [2.24, 2.45) is 4.99 Å². The van der Waals surface area contributed by atoms with Crippen LogP contribution in [0.2, 0.25) is 0 Å². The zero-order chi connectivity index (χ0) is 13.0. The first-order valence-electron chi connectivity index (χ1n) is 5.97. The highest BCUT2D eigenvalue weighted by Crippen LogP contribution is 2.38. The molecule has 1 heterocycles. The molecule has 0 unspecified atom stereocenters. The Morgan fingerprint density at radius 1 is 1.22 bits per heavy atom. The second-order valence-electron chi connectivity index (χ2n) is 3.80. The predicted molar refractivity (Wildman–Crippen MR) is 70.1 cm³/mol. The molecule has 0 aromatic heterocycles. The number of nitrogens with one attached hydrogen (secondary N) is 1. The third kappa shape index (κ3) is 2.34. The lowest BCUT2D eigenvalue weighted by Gasteiger charge is -2.15. The normalized spacial score (nSPS) is 13.8. The molecule has 5 heteroatoms. The number of rotatable bonds is 5. The smallest absolute Gasteiger partial charge is 0.203 e. The lowest BCUT2D eigenvalue weighted by Crippen LogP contribution is -2.19. The molecule has 0 saturated heterocycles. The van der Waals surface area contributed by atoms with Gasteiger partial charge in [0.2, 0.25) is 5.75 Å². The number of methoxy groups -OCH3 is 2. The van der Waals surface area contributed by atoms with Crippen molar-refractivity contribution in [1.82, 2.24) is 5.32 Å². The fourth-order valence-electron chi connectivity index (χ4n) is 1.89. The van der Waals surface area contributed by atoms with Crippen molar-refractivity contribution in [1.29, 1.82) is 0 Å². The van der Waals surface area contributed by atoms with Crippen molar-refractivity contribution in [3.8, 4) is 17.2 Å². The van der Waals surface area contributed by atoms with Gasteiger partial charge >= 0.3 is 0 Å². The highest BCUT2D eigenvalue weighted by molar-refractivity contribution is 6.00. The summed E-state index contributed by atoms with van der Waals surface area (Å²) in [6.07, 6.45) is 0. The van der Waals surface area contributed by atoms with Gasteiger partial charge in [0, 0.05) is 12.1 Å². The van der Waals surface area contributed by atoms with Crippen LogP contribution in [0.4, 0.5) is 0 Å².